The van der Waals surface area contributed by atoms with Crippen molar-refractivity contribution in [2.75, 3.05) is 7.11 Å². The lowest BCUT2D eigenvalue weighted by atomic mass is 9.88. The Balaban J connectivity index is 2.51. The molecule has 140 valence electrons. The number of methoxy groups -OCH3 is 1. The van der Waals surface area contributed by atoms with Crippen molar-refractivity contribution >= 4 is 16.8 Å². The molecule has 1 aliphatic heterocycles. The molecule has 2 heterocycles. The first-order chi connectivity index (χ1) is 12.3. The average Bonchev–Trinajstić information content (AvgIpc) is 2.58. The highest BCUT2D eigenvalue weighted by Gasteiger charge is 2.35. The average molecular weight is 358 g/mol. The van der Waals surface area contributed by atoms with Gasteiger partial charge in [-0.05, 0) is 38.7 Å². The molecule has 0 bridgehead atoms. The van der Waals surface area contributed by atoms with Gasteiger partial charge in [-0.1, -0.05) is 20.3 Å². The van der Waals surface area contributed by atoms with Crippen molar-refractivity contribution in [3.63, 3.8) is 0 Å². The lowest BCUT2D eigenvalue weighted by Gasteiger charge is -2.35. The van der Waals surface area contributed by atoms with E-state index in [4.69, 9.17) is 13.9 Å². The van der Waals surface area contributed by atoms with Gasteiger partial charge in [-0.25, -0.2) is 4.79 Å². The molecule has 0 N–H and O–H groups in total. The van der Waals surface area contributed by atoms with Crippen LogP contribution in [-0.4, -0.2) is 18.5 Å². The zero-order chi connectivity index (χ0) is 19.1. The third kappa shape index (κ3) is 3.00. The van der Waals surface area contributed by atoms with E-state index < -0.39 is 5.63 Å². The normalized spacial score (nSPS) is 15.4. The van der Waals surface area contributed by atoms with Crippen molar-refractivity contribution < 1.29 is 18.7 Å². The molecule has 0 fully saturated rings. The summed E-state index contributed by atoms with van der Waals surface area (Å²) in [6.07, 6.45) is 3.46. The van der Waals surface area contributed by atoms with Crippen LogP contribution in [-0.2, 0) is 12.8 Å². The number of hydrogen-bond donors (Lipinski definition) is 0. The molecule has 3 rings (SSSR count). The molecule has 0 saturated carbocycles. The molecule has 0 aliphatic carbocycles. The van der Waals surface area contributed by atoms with Crippen LogP contribution in [0.5, 0.6) is 11.5 Å². The Kier molecular flexibility index (Phi) is 4.82. The molecular formula is C21H26O5. The Morgan fingerprint density at radius 3 is 2.65 bits per heavy atom. The summed E-state index contributed by atoms with van der Waals surface area (Å²) < 4.78 is 17.5. The second-order valence-electron chi connectivity index (χ2n) is 7.40. The fourth-order valence-corrected chi connectivity index (χ4v) is 3.69. The van der Waals surface area contributed by atoms with Gasteiger partial charge in [0, 0.05) is 18.1 Å². The standard InChI is InChI=1S/C21H26O5/c1-6-8-12-11-15(23)25-20-16(12)19-13(9-10-21(3,4)26-19)18(24-5)17(20)14(22)7-2/h11H,6-10H2,1-5H3. The highest BCUT2D eigenvalue weighted by Crippen LogP contribution is 2.47. The van der Waals surface area contributed by atoms with E-state index in [1.54, 1.807) is 14.0 Å². The van der Waals surface area contributed by atoms with Gasteiger partial charge >= 0.3 is 5.63 Å². The van der Waals surface area contributed by atoms with E-state index in [9.17, 15) is 9.59 Å². The van der Waals surface area contributed by atoms with Crippen LogP contribution in [0.2, 0.25) is 0 Å². The Bertz CT molecular complexity index is 920. The quantitative estimate of drug-likeness (QED) is 0.583. The number of hydrogen-bond acceptors (Lipinski definition) is 5. The molecule has 0 amide bonds. The van der Waals surface area contributed by atoms with E-state index in [1.165, 1.54) is 6.07 Å². The van der Waals surface area contributed by atoms with Gasteiger partial charge in [0.15, 0.2) is 11.4 Å². The summed E-state index contributed by atoms with van der Waals surface area (Å²) >= 11 is 0. The van der Waals surface area contributed by atoms with Crippen LogP contribution in [0.3, 0.4) is 0 Å². The number of carbonyl (C=O) groups excluding carboxylic acids is 1. The minimum Gasteiger partial charge on any atom is -0.495 e. The number of Topliss-reactive ketones (excluding diaryl/α,β-unsaturated/α-hetero) is 1. The maximum atomic E-state index is 12.7. The zero-order valence-electron chi connectivity index (χ0n) is 16.2. The monoisotopic (exact) mass is 358 g/mol. The highest BCUT2D eigenvalue weighted by molar-refractivity contribution is 6.11. The molecule has 2 aromatic rings. The zero-order valence-corrected chi connectivity index (χ0v) is 16.2. The third-order valence-corrected chi connectivity index (χ3v) is 4.95. The molecule has 1 aromatic carbocycles. The van der Waals surface area contributed by atoms with Crippen LogP contribution in [0.1, 0.15) is 68.4 Å². The fourth-order valence-electron chi connectivity index (χ4n) is 3.69. The van der Waals surface area contributed by atoms with Gasteiger partial charge in [0.2, 0.25) is 0 Å². The Morgan fingerprint density at radius 2 is 2.04 bits per heavy atom. The number of aryl methyl sites for hydroxylation is 1. The summed E-state index contributed by atoms with van der Waals surface area (Å²) in [5, 5.41) is 0.742. The van der Waals surface area contributed by atoms with E-state index in [0.717, 1.165) is 35.8 Å². The number of rotatable bonds is 5. The van der Waals surface area contributed by atoms with Gasteiger partial charge < -0.3 is 13.9 Å². The Labute approximate surface area is 153 Å². The van der Waals surface area contributed by atoms with Gasteiger partial charge in [0.1, 0.15) is 22.7 Å². The minimum atomic E-state index is -0.455. The minimum absolute atomic E-state index is 0.101. The summed E-state index contributed by atoms with van der Waals surface area (Å²) in [6.45, 7) is 7.93. The second kappa shape index (κ2) is 6.78. The molecule has 0 spiro atoms. The molecule has 1 aliphatic rings. The number of fused-ring (bicyclic) bond motifs is 3. The van der Waals surface area contributed by atoms with Crippen LogP contribution < -0.4 is 15.1 Å². The van der Waals surface area contributed by atoms with Crippen LogP contribution in [0, 0.1) is 0 Å². The molecule has 26 heavy (non-hydrogen) atoms. The maximum Gasteiger partial charge on any atom is 0.336 e. The molecule has 5 nitrogen and oxygen atoms in total. The van der Waals surface area contributed by atoms with Crippen molar-refractivity contribution in [2.24, 2.45) is 0 Å². The molecule has 0 unspecified atom stereocenters. The van der Waals surface area contributed by atoms with Crippen LogP contribution >= 0.6 is 0 Å². The summed E-state index contributed by atoms with van der Waals surface area (Å²) in [4.78, 5) is 24.9. The number of ether oxygens (including phenoxy) is 2. The van der Waals surface area contributed by atoms with Crippen LogP contribution in [0.25, 0.3) is 11.0 Å². The molecule has 0 saturated heterocycles. The maximum absolute atomic E-state index is 12.7. The molecule has 5 heteroatoms. The van der Waals surface area contributed by atoms with Crippen molar-refractivity contribution in [1.29, 1.82) is 0 Å². The predicted molar refractivity (Wildman–Crippen MR) is 101 cm³/mol. The van der Waals surface area contributed by atoms with Crippen LogP contribution in [0.4, 0.5) is 0 Å². The lowest BCUT2D eigenvalue weighted by Crippen LogP contribution is -2.33. The number of benzene rings is 1. The van der Waals surface area contributed by atoms with E-state index in [-0.39, 0.29) is 11.4 Å². The van der Waals surface area contributed by atoms with E-state index in [1.807, 2.05) is 13.8 Å². The first-order valence-electron chi connectivity index (χ1n) is 9.24. The SMILES string of the molecule is CCCc1cc(=O)oc2c(C(=O)CC)c(OC)c3c(c12)OC(C)(C)CC3. The van der Waals surface area contributed by atoms with Gasteiger partial charge in [0.25, 0.3) is 0 Å². The first kappa shape index (κ1) is 18.5. The number of carbonyl (C=O) groups is 1. The fraction of sp³-hybridized carbons (Fsp3) is 0.524. The topological polar surface area (TPSA) is 65.7 Å². The van der Waals surface area contributed by atoms with E-state index >= 15 is 0 Å². The van der Waals surface area contributed by atoms with Gasteiger partial charge in [-0.2, -0.15) is 0 Å². The Morgan fingerprint density at radius 1 is 1.31 bits per heavy atom. The van der Waals surface area contributed by atoms with Gasteiger partial charge in [-0.3, -0.25) is 4.79 Å². The van der Waals surface area contributed by atoms with Crippen molar-refractivity contribution in [1.82, 2.24) is 0 Å². The van der Waals surface area contributed by atoms with Gasteiger partial charge in [0.05, 0.1) is 12.5 Å². The lowest BCUT2D eigenvalue weighted by molar-refractivity contribution is 0.0854. The smallest absolute Gasteiger partial charge is 0.336 e. The van der Waals surface area contributed by atoms with Gasteiger partial charge in [-0.15, -0.1) is 0 Å². The summed E-state index contributed by atoms with van der Waals surface area (Å²) in [6, 6.07) is 1.52. The molecule has 0 radical (unpaired) electrons. The third-order valence-electron chi connectivity index (χ3n) is 4.95. The second-order valence-corrected chi connectivity index (χ2v) is 7.40. The molecular weight excluding hydrogens is 332 g/mol. The van der Waals surface area contributed by atoms with Crippen molar-refractivity contribution in [3.05, 3.63) is 33.2 Å². The summed E-state index contributed by atoms with van der Waals surface area (Å²) in [5.74, 6) is 1.07. The van der Waals surface area contributed by atoms with Crippen molar-refractivity contribution in [2.45, 2.75) is 65.4 Å². The molecule has 1 aromatic heterocycles. The highest BCUT2D eigenvalue weighted by atomic mass is 16.5. The van der Waals surface area contributed by atoms with Crippen molar-refractivity contribution in [3.8, 4) is 11.5 Å². The first-order valence-corrected chi connectivity index (χ1v) is 9.24. The van der Waals surface area contributed by atoms with E-state index in [2.05, 4.69) is 6.92 Å². The largest absolute Gasteiger partial charge is 0.495 e. The summed E-state index contributed by atoms with van der Waals surface area (Å²) in [7, 11) is 1.54. The van der Waals surface area contributed by atoms with E-state index in [0.29, 0.717) is 35.5 Å². The number of ketones is 1. The summed E-state index contributed by atoms with van der Waals surface area (Å²) in [5.41, 5.74) is 1.62. The molecule has 0 atom stereocenters. The van der Waals surface area contributed by atoms with Crippen LogP contribution in [0.15, 0.2) is 15.3 Å². The Hall–Kier alpha value is -2.30. The predicted octanol–water partition coefficient (Wildman–Crippen LogP) is 4.45.